The van der Waals surface area contributed by atoms with Crippen molar-refractivity contribution >= 4 is 15.9 Å². The second-order valence-corrected chi connectivity index (χ2v) is 5.04. The summed E-state index contributed by atoms with van der Waals surface area (Å²) >= 11 is 3.51. The number of methoxy groups -OCH3 is 1. The molecule has 0 aliphatic rings. The van der Waals surface area contributed by atoms with Crippen LogP contribution >= 0.6 is 15.9 Å². The zero-order valence-corrected chi connectivity index (χ0v) is 12.8. The van der Waals surface area contributed by atoms with Crippen molar-refractivity contribution in [1.82, 2.24) is 10.3 Å². The molecule has 0 saturated carbocycles. The molecule has 0 aliphatic heterocycles. The Bertz CT molecular complexity index is 554. The third kappa shape index (κ3) is 3.16. The Kier molecular flexibility index (Phi) is 4.61. The summed E-state index contributed by atoms with van der Waals surface area (Å²) in [5.74, 6) is 2.20. The summed E-state index contributed by atoms with van der Waals surface area (Å²) in [6.07, 6.45) is 1.74. The molecule has 4 nitrogen and oxygen atoms in total. The fraction of sp³-hybridized carbons (Fsp3) is 0.357. The normalized spacial score (nSPS) is 12.4. The molecule has 1 atom stereocenters. The monoisotopic (exact) mass is 324 g/mol. The van der Waals surface area contributed by atoms with Crippen LogP contribution in [0.2, 0.25) is 0 Å². The van der Waals surface area contributed by atoms with Crippen molar-refractivity contribution in [3.05, 3.63) is 34.8 Å². The number of aromatic nitrogens is 1. The first kappa shape index (κ1) is 14.1. The van der Waals surface area contributed by atoms with Crippen molar-refractivity contribution in [2.75, 3.05) is 13.7 Å². The van der Waals surface area contributed by atoms with Gasteiger partial charge in [-0.3, -0.25) is 0 Å². The Morgan fingerprint density at radius 1 is 1.47 bits per heavy atom. The molecule has 0 fully saturated rings. The van der Waals surface area contributed by atoms with Crippen LogP contribution in [-0.4, -0.2) is 18.6 Å². The largest absolute Gasteiger partial charge is 0.497 e. The topological polar surface area (TPSA) is 47.3 Å². The van der Waals surface area contributed by atoms with Crippen LogP contribution in [0.25, 0.3) is 11.3 Å². The summed E-state index contributed by atoms with van der Waals surface area (Å²) in [5.41, 5.74) is 0.932. The highest BCUT2D eigenvalue weighted by Crippen LogP contribution is 2.32. The number of benzene rings is 1. The van der Waals surface area contributed by atoms with E-state index in [1.54, 1.807) is 13.3 Å². The number of hydrogen-bond acceptors (Lipinski definition) is 4. The van der Waals surface area contributed by atoms with Crippen molar-refractivity contribution in [2.45, 2.75) is 19.9 Å². The van der Waals surface area contributed by atoms with Gasteiger partial charge in [-0.2, -0.15) is 0 Å². The molecule has 2 rings (SSSR count). The molecule has 0 bridgehead atoms. The summed E-state index contributed by atoms with van der Waals surface area (Å²) in [5, 5.41) is 3.27. The maximum Gasteiger partial charge on any atom is 0.211 e. The highest BCUT2D eigenvalue weighted by atomic mass is 79.9. The second kappa shape index (κ2) is 6.21. The predicted molar refractivity (Wildman–Crippen MR) is 78.3 cm³/mol. The van der Waals surface area contributed by atoms with Crippen LogP contribution in [-0.2, 0) is 0 Å². The van der Waals surface area contributed by atoms with Crippen molar-refractivity contribution in [3.8, 4) is 17.1 Å². The van der Waals surface area contributed by atoms with Crippen LogP contribution in [0.1, 0.15) is 25.8 Å². The van der Waals surface area contributed by atoms with Crippen molar-refractivity contribution < 1.29 is 9.15 Å². The molecule has 2 aromatic rings. The van der Waals surface area contributed by atoms with Gasteiger partial charge in [-0.15, -0.1) is 0 Å². The van der Waals surface area contributed by atoms with Gasteiger partial charge in [-0.1, -0.05) is 22.9 Å². The first-order valence-electron chi connectivity index (χ1n) is 6.18. The van der Waals surface area contributed by atoms with Crippen LogP contribution < -0.4 is 10.1 Å². The molecule has 1 N–H and O–H groups in total. The molecule has 0 radical (unpaired) electrons. The van der Waals surface area contributed by atoms with Crippen LogP contribution in [0.4, 0.5) is 0 Å². The lowest BCUT2D eigenvalue weighted by Crippen LogP contribution is -2.17. The van der Waals surface area contributed by atoms with E-state index in [1.807, 2.05) is 25.1 Å². The van der Waals surface area contributed by atoms with Gasteiger partial charge in [0.05, 0.1) is 19.3 Å². The molecule has 5 heteroatoms. The number of nitrogens with one attached hydrogen (secondary N) is 1. The highest BCUT2D eigenvalue weighted by Gasteiger charge is 2.14. The molecule has 0 aliphatic carbocycles. The Morgan fingerprint density at radius 3 is 2.95 bits per heavy atom. The SMILES string of the molecule is CCNC(C)c1ncc(-c2cc(OC)ccc2Br)o1. The molecule has 19 heavy (non-hydrogen) atoms. The maximum atomic E-state index is 5.81. The van der Waals surface area contributed by atoms with E-state index in [0.717, 1.165) is 28.1 Å². The van der Waals surface area contributed by atoms with E-state index in [-0.39, 0.29) is 6.04 Å². The minimum atomic E-state index is 0.100. The number of nitrogens with zero attached hydrogens (tertiary/aromatic N) is 1. The first-order valence-corrected chi connectivity index (χ1v) is 6.98. The highest BCUT2D eigenvalue weighted by molar-refractivity contribution is 9.10. The molecule has 1 heterocycles. The average molecular weight is 325 g/mol. The molecular formula is C14H17BrN2O2. The molecule has 0 spiro atoms. The Balaban J connectivity index is 2.32. The first-order chi connectivity index (χ1) is 9.15. The van der Waals surface area contributed by atoms with E-state index in [2.05, 4.69) is 33.2 Å². The number of hydrogen-bond donors (Lipinski definition) is 1. The zero-order valence-electron chi connectivity index (χ0n) is 11.2. The third-order valence-electron chi connectivity index (χ3n) is 2.84. The van der Waals surface area contributed by atoms with Gasteiger partial charge in [0, 0.05) is 10.0 Å². The van der Waals surface area contributed by atoms with Gasteiger partial charge in [0.2, 0.25) is 5.89 Å². The number of rotatable bonds is 5. The summed E-state index contributed by atoms with van der Waals surface area (Å²) in [6.45, 7) is 4.96. The molecular weight excluding hydrogens is 308 g/mol. The molecule has 0 saturated heterocycles. The van der Waals surface area contributed by atoms with Crippen LogP contribution in [0, 0.1) is 0 Å². The Hall–Kier alpha value is -1.33. The smallest absolute Gasteiger partial charge is 0.211 e. The van der Waals surface area contributed by atoms with Gasteiger partial charge >= 0.3 is 0 Å². The molecule has 1 aromatic carbocycles. The van der Waals surface area contributed by atoms with E-state index < -0.39 is 0 Å². The average Bonchev–Trinajstić information content (AvgIpc) is 2.89. The lowest BCUT2D eigenvalue weighted by molar-refractivity contribution is 0.413. The van der Waals surface area contributed by atoms with Crippen molar-refractivity contribution in [3.63, 3.8) is 0 Å². The third-order valence-corrected chi connectivity index (χ3v) is 3.53. The van der Waals surface area contributed by atoms with Gasteiger partial charge in [0.25, 0.3) is 0 Å². The maximum absolute atomic E-state index is 5.81. The fourth-order valence-electron chi connectivity index (χ4n) is 1.83. The number of halogens is 1. The van der Waals surface area contributed by atoms with E-state index in [4.69, 9.17) is 9.15 Å². The summed E-state index contributed by atoms with van der Waals surface area (Å²) < 4.78 is 12.0. The number of oxazole rings is 1. The van der Waals surface area contributed by atoms with E-state index in [0.29, 0.717) is 5.89 Å². The van der Waals surface area contributed by atoms with Crippen LogP contribution in [0.3, 0.4) is 0 Å². The fourth-order valence-corrected chi connectivity index (χ4v) is 2.27. The molecule has 1 aromatic heterocycles. The van der Waals surface area contributed by atoms with Gasteiger partial charge in [0.1, 0.15) is 5.75 Å². The lowest BCUT2D eigenvalue weighted by atomic mass is 10.2. The van der Waals surface area contributed by atoms with Crippen molar-refractivity contribution in [2.24, 2.45) is 0 Å². The summed E-state index contributed by atoms with van der Waals surface area (Å²) in [6, 6.07) is 5.85. The van der Waals surface area contributed by atoms with Crippen LogP contribution in [0.5, 0.6) is 5.75 Å². The minimum absolute atomic E-state index is 0.100. The standard InChI is InChI=1S/C14H17BrN2O2/c1-4-16-9(2)14-17-8-13(19-14)11-7-10(18-3)5-6-12(11)15/h5-9,16H,4H2,1-3H3. The van der Waals surface area contributed by atoms with E-state index >= 15 is 0 Å². The Labute approximate surface area is 121 Å². The molecule has 0 amide bonds. The Morgan fingerprint density at radius 2 is 2.26 bits per heavy atom. The number of ether oxygens (including phenoxy) is 1. The van der Waals surface area contributed by atoms with Gasteiger partial charge in [0.15, 0.2) is 5.76 Å². The van der Waals surface area contributed by atoms with E-state index in [9.17, 15) is 0 Å². The van der Waals surface area contributed by atoms with Gasteiger partial charge in [-0.05, 0) is 31.7 Å². The quantitative estimate of drug-likeness (QED) is 0.909. The van der Waals surface area contributed by atoms with Crippen molar-refractivity contribution in [1.29, 1.82) is 0 Å². The minimum Gasteiger partial charge on any atom is -0.497 e. The van der Waals surface area contributed by atoms with E-state index in [1.165, 1.54) is 0 Å². The van der Waals surface area contributed by atoms with Gasteiger partial charge < -0.3 is 14.5 Å². The molecule has 102 valence electrons. The molecule has 1 unspecified atom stereocenters. The lowest BCUT2D eigenvalue weighted by Gasteiger charge is -2.07. The predicted octanol–water partition coefficient (Wildman–Crippen LogP) is 3.78. The van der Waals surface area contributed by atoms with Gasteiger partial charge in [-0.25, -0.2) is 4.98 Å². The zero-order chi connectivity index (χ0) is 13.8. The summed E-state index contributed by atoms with van der Waals surface area (Å²) in [7, 11) is 1.64. The van der Waals surface area contributed by atoms with Crippen LogP contribution in [0.15, 0.2) is 33.3 Å². The second-order valence-electron chi connectivity index (χ2n) is 4.19. The summed E-state index contributed by atoms with van der Waals surface area (Å²) in [4.78, 5) is 4.32.